The normalized spacial score (nSPS) is 10.3. The van der Waals surface area contributed by atoms with Gasteiger partial charge in [0.25, 0.3) is 0 Å². The molecule has 0 saturated heterocycles. The predicted molar refractivity (Wildman–Crippen MR) is 83.6 cm³/mol. The molecule has 110 valence electrons. The van der Waals surface area contributed by atoms with Crippen molar-refractivity contribution < 1.29 is 9.90 Å². The van der Waals surface area contributed by atoms with Crippen molar-refractivity contribution in [2.45, 2.75) is 26.3 Å². The van der Waals surface area contributed by atoms with Gasteiger partial charge >= 0.3 is 5.97 Å². The number of unbranched alkanes of at least 4 members (excludes halogenated alkanes) is 1. The molecule has 0 radical (unpaired) electrons. The van der Waals surface area contributed by atoms with E-state index in [1.807, 2.05) is 36.4 Å². The largest absolute Gasteiger partial charge is 0.477 e. The fraction of sp³-hybridized carbons (Fsp3) is 0.294. The van der Waals surface area contributed by atoms with E-state index in [4.69, 9.17) is 0 Å². The zero-order chi connectivity index (χ0) is 15.1. The van der Waals surface area contributed by atoms with E-state index in [-0.39, 0.29) is 5.69 Å². The first kappa shape index (κ1) is 15.0. The Balaban J connectivity index is 2.25. The maximum Gasteiger partial charge on any atom is 0.354 e. The summed E-state index contributed by atoms with van der Waals surface area (Å²) in [6.45, 7) is 3.60. The summed E-state index contributed by atoms with van der Waals surface area (Å²) >= 11 is 0. The Kier molecular flexibility index (Phi) is 5.32. The third-order valence-corrected chi connectivity index (χ3v) is 3.36. The number of anilines is 1. The van der Waals surface area contributed by atoms with Crippen molar-refractivity contribution >= 4 is 11.7 Å². The highest BCUT2D eigenvalue weighted by Crippen LogP contribution is 2.19. The lowest BCUT2D eigenvalue weighted by molar-refractivity contribution is 0.0689. The van der Waals surface area contributed by atoms with Crippen LogP contribution >= 0.6 is 0 Å². The van der Waals surface area contributed by atoms with Crippen LogP contribution in [0.1, 0.15) is 35.8 Å². The van der Waals surface area contributed by atoms with Crippen molar-refractivity contribution in [1.29, 1.82) is 0 Å². The zero-order valence-electron chi connectivity index (χ0n) is 12.2. The first-order chi connectivity index (χ1) is 10.2. The molecular weight excluding hydrogens is 264 g/mol. The van der Waals surface area contributed by atoms with Crippen LogP contribution in [0.5, 0.6) is 0 Å². The van der Waals surface area contributed by atoms with E-state index in [9.17, 15) is 9.90 Å². The third kappa shape index (κ3) is 4.05. The van der Waals surface area contributed by atoms with Gasteiger partial charge in [-0.1, -0.05) is 37.6 Å². The average Bonchev–Trinajstić information content (AvgIpc) is 2.52. The van der Waals surface area contributed by atoms with Crippen molar-refractivity contribution in [1.82, 2.24) is 4.98 Å². The Morgan fingerprint density at radius 2 is 1.95 bits per heavy atom. The summed E-state index contributed by atoms with van der Waals surface area (Å²) in [5, 5.41) is 9.24. The molecule has 0 unspecified atom stereocenters. The van der Waals surface area contributed by atoms with Gasteiger partial charge in [-0.15, -0.1) is 0 Å². The standard InChI is InChI=1S/C17H20N2O2/c1-2-3-12-19(15-9-5-4-6-10-15)13-14-8-7-11-18-16(14)17(20)21/h4-11H,2-3,12-13H2,1H3,(H,20,21). The Morgan fingerprint density at radius 1 is 1.19 bits per heavy atom. The summed E-state index contributed by atoms with van der Waals surface area (Å²) in [6, 6.07) is 13.7. The molecular formula is C17H20N2O2. The highest BCUT2D eigenvalue weighted by molar-refractivity contribution is 5.87. The van der Waals surface area contributed by atoms with Crippen LogP contribution in [0, 0.1) is 0 Å². The van der Waals surface area contributed by atoms with E-state index in [2.05, 4.69) is 16.8 Å². The summed E-state index contributed by atoms with van der Waals surface area (Å²) < 4.78 is 0. The lowest BCUT2D eigenvalue weighted by atomic mass is 10.1. The van der Waals surface area contributed by atoms with Gasteiger partial charge in [-0.25, -0.2) is 9.78 Å². The van der Waals surface area contributed by atoms with Crippen molar-refractivity contribution in [3.8, 4) is 0 Å². The minimum Gasteiger partial charge on any atom is -0.477 e. The highest BCUT2D eigenvalue weighted by atomic mass is 16.4. The van der Waals surface area contributed by atoms with Gasteiger partial charge in [0.1, 0.15) is 0 Å². The number of hydrogen-bond donors (Lipinski definition) is 1. The lowest BCUT2D eigenvalue weighted by Crippen LogP contribution is -2.25. The van der Waals surface area contributed by atoms with Crippen LogP contribution in [0.15, 0.2) is 48.7 Å². The molecule has 21 heavy (non-hydrogen) atoms. The molecule has 0 atom stereocenters. The van der Waals surface area contributed by atoms with E-state index in [0.717, 1.165) is 30.6 Å². The molecule has 1 aromatic heterocycles. The molecule has 0 spiro atoms. The number of para-hydroxylation sites is 1. The van der Waals surface area contributed by atoms with Crippen LogP contribution in [-0.2, 0) is 6.54 Å². The van der Waals surface area contributed by atoms with Crippen LogP contribution in [0.2, 0.25) is 0 Å². The fourth-order valence-corrected chi connectivity index (χ4v) is 2.25. The second-order valence-electron chi connectivity index (χ2n) is 4.93. The minimum atomic E-state index is -0.978. The monoisotopic (exact) mass is 284 g/mol. The Hall–Kier alpha value is -2.36. The maximum atomic E-state index is 11.3. The van der Waals surface area contributed by atoms with Crippen molar-refractivity contribution in [2.24, 2.45) is 0 Å². The molecule has 0 amide bonds. The number of rotatable bonds is 7. The molecule has 0 aliphatic heterocycles. The van der Waals surface area contributed by atoms with Gasteiger partial charge in [0.2, 0.25) is 0 Å². The van der Waals surface area contributed by atoms with Crippen molar-refractivity contribution in [3.63, 3.8) is 0 Å². The number of carbonyl (C=O) groups is 1. The van der Waals surface area contributed by atoms with Crippen molar-refractivity contribution in [2.75, 3.05) is 11.4 Å². The van der Waals surface area contributed by atoms with Gasteiger partial charge in [-0.2, -0.15) is 0 Å². The van der Waals surface area contributed by atoms with E-state index in [0.29, 0.717) is 6.54 Å². The second kappa shape index (κ2) is 7.43. The summed E-state index contributed by atoms with van der Waals surface area (Å²) in [5.74, 6) is -0.978. The third-order valence-electron chi connectivity index (χ3n) is 3.36. The summed E-state index contributed by atoms with van der Waals surface area (Å²) in [4.78, 5) is 17.5. The first-order valence-electron chi connectivity index (χ1n) is 7.19. The van der Waals surface area contributed by atoms with E-state index in [1.54, 1.807) is 6.07 Å². The smallest absolute Gasteiger partial charge is 0.354 e. The molecule has 1 heterocycles. The fourth-order valence-electron chi connectivity index (χ4n) is 2.25. The topological polar surface area (TPSA) is 53.4 Å². The van der Waals surface area contributed by atoms with Gasteiger partial charge in [0, 0.05) is 30.5 Å². The summed E-state index contributed by atoms with van der Waals surface area (Å²) in [5.41, 5.74) is 1.98. The van der Waals surface area contributed by atoms with Gasteiger partial charge < -0.3 is 10.0 Å². The number of aromatic nitrogens is 1. The average molecular weight is 284 g/mol. The Morgan fingerprint density at radius 3 is 2.62 bits per heavy atom. The summed E-state index contributed by atoms with van der Waals surface area (Å²) in [6.07, 6.45) is 3.69. The molecule has 2 aromatic rings. The van der Waals surface area contributed by atoms with E-state index >= 15 is 0 Å². The van der Waals surface area contributed by atoms with Crippen LogP contribution in [0.4, 0.5) is 5.69 Å². The van der Waals surface area contributed by atoms with Crippen LogP contribution in [-0.4, -0.2) is 22.6 Å². The quantitative estimate of drug-likeness (QED) is 0.844. The van der Waals surface area contributed by atoms with E-state index in [1.165, 1.54) is 6.20 Å². The predicted octanol–water partition coefficient (Wildman–Crippen LogP) is 3.59. The van der Waals surface area contributed by atoms with Crippen LogP contribution in [0.25, 0.3) is 0 Å². The highest BCUT2D eigenvalue weighted by Gasteiger charge is 2.14. The number of carboxylic acid groups (broad SMARTS) is 1. The van der Waals surface area contributed by atoms with Crippen molar-refractivity contribution in [3.05, 3.63) is 59.9 Å². The molecule has 4 nitrogen and oxygen atoms in total. The van der Waals surface area contributed by atoms with E-state index < -0.39 is 5.97 Å². The molecule has 4 heteroatoms. The zero-order valence-corrected chi connectivity index (χ0v) is 12.2. The Labute approximate surface area is 125 Å². The number of benzene rings is 1. The molecule has 0 saturated carbocycles. The number of pyridine rings is 1. The number of hydrogen-bond acceptors (Lipinski definition) is 3. The maximum absolute atomic E-state index is 11.3. The number of aromatic carboxylic acids is 1. The number of nitrogens with zero attached hydrogens (tertiary/aromatic N) is 2. The molecule has 0 aliphatic carbocycles. The van der Waals surface area contributed by atoms with Gasteiger partial charge in [0.05, 0.1) is 0 Å². The minimum absolute atomic E-state index is 0.134. The lowest BCUT2D eigenvalue weighted by Gasteiger charge is -2.25. The van der Waals surface area contributed by atoms with Gasteiger partial charge in [-0.3, -0.25) is 0 Å². The van der Waals surface area contributed by atoms with Crippen LogP contribution < -0.4 is 4.90 Å². The number of carboxylic acids is 1. The molecule has 0 fully saturated rings. The SMILES string of the molecule is CCCCN(Cc1cccnc1C(=O)O)c1ccccc1. The summed E-state index contributed by atoms with van der Waals surface area (Å²) in [7, 11) is 0. The Bertz CT molecular complexity index is 584. The molecule has 1 N–H and O–H groups in total. The second-order valence-corrected chi connectivity index (χ2v) is 4.93. The first-order valence-corrected chi connectivity index (χ1v) is 7.19. The van der Waals surface area contributed by atoms with Gasteiger partial charge in [0.15, 0.2) is 5.69 Å². The molecule has 1 aromatic carbocycles. The van der Waals surface area contributed by atoms with Crippen LogP contribution in [0.3, 0.4) is 0 Å². The molecule has 2 rings (SSSR count). The van der Waals surface area contributed by atoms with Gasteiger partial charge in [-0.05, 0) is 24.6 Å². The molecule has 0 aliphatic rings. The molecule has 0 bridgehead atoms.